The predicted octanol–water partition coefficient (Wildman–Crippen LogP) is 0.536. The Hall–Kier alpha value is -1.62. The Morgan fingerprint density at radius 3 is 2.52 bits per heavy atom. The zero-order chi connectivity index (χ0) is 22.9. The van der Waals surface area contributed by atoms with Crippen molar-refractivity contribution in [3.8, 4) is 0 Å². The highest BCUT2D eigenvalue weighted by Crippen LogP contribution is 2.17. The number of thioether (sulfide) groups is 1. The molecule has 2 atom stereocenters. The summed E-state index contributed by atoms with van der Waals surface area (Å²) in [4.78, 5) is 27.0. The van der Waals surface area contributed by atoms with E-state index in [1.807, 2.05) is 43.6 Å². The first-order valence-electron chi connectivity index (χ1n) is 10.5. The second-order valence-electron chi connectivity index (χ2n) is 7.97. The maximum Gasteiger partial charge on any atom is 0.240 e. The highest BCUT2D eigenvalue weighted by atomic mass is 32.2. The van der Waals surface area contributed by atoms with Gasteiger partial charge in [-0.2, -0.15) is 11.8 Å². The lowest BCUT2D eigenvalue weighted by Crippen LogP contribution is -2.49. The molecule has 0 saturated carbocycles. The highest BCUT2D eigenvalue weighted by Gasteiger charge is 2.32. The molecule has 1 aliphatic rings. The number of carbonyl (C=O) groups excluding carboxylic acids is 2. The van der Waals surface area contributed by atoms with Crippen molar-refractivity contribution in [2.45, 2.75) is 25.3 Å². The Morgan fingerprint density at radius 1 is 1.16 bits per heavy atom. The molecule has 0 aromatic heterocycles. The lowest BCUT2D eigenvalue weighted by molar-refractivity contribution is -0.129. The average Bonchev–Trinajstić information content (AvgIpc) is 2.96. The van der Waals surface area contributed by atoms with E-state index in [1.54, 1.807) is 11.8 Å². The number of hydrogen-bond acceptors (Lipinski definition) is 6. The molecule has 1 aliphatic heterocycles. The van der Waals surface area contributed by atoms with Crippen LogP contribution in [0.5, 0.6) is 0 Å². The van der Waals surface area contributed by atoms with Crippen molar-refractivity contribution in [1.29, 1.82) is 0 Å². The van der Waals surface area contributed by atoms with E-state index in [-0.39, 0.29) is 12.2 Å². The SMILES string of the molecule is CSCC[C@H](NC(=O)C(Cc1ccccc1)CS(=O)(=O)N1CCCN(C)CC1)C(N)=O. The van der Waals surface area contributed by atoms with Crippen molar-refractivity contribution in [3.63, 3.8) is 0 Å². The van der Waals surface area contributed by atoms with Gasteiger partial charge in [-0.05, 0) is 50.4 Å². The normalized spacial score (nSPS) is 18.1. The molecule has 8 nitrogen and oxygen atoms in total. The Labute approximate surface area is 190 Å². The number of sulfonamides is 1. The van der Waals surface area contributed by atoms with E-state index in [9.17, 15) is 18.0 Å². The number of amides is 2. The van der Waals surface area contributed by atoms with Crippen molar-refractivity contribution < 1.29 is 18.0 Å². The largest absolute Gasteiger partial charge is 0.368 e. The van der Waals surface area contributed by atoms with E-state index in [1.165, 1.54) is 4.31 Å². The first kappa shape index (κ1) is 25.6. The number of benzene rings is 1. The number of primary amides is 1. The van der Waals surface area contributed by atoms with Gasteiger partial charge in [0.2, 0.25) is 21.8 Å². The molecule has 1 fully saturated rings. The minimum atomic E-state index is -3.64. The maximum atomic E-state index is 13.2. The average molecular weight is 471 g/mol. The number of carbonyl (C=O) groups is 2. The van der Waals surface area contributed by atoms with Crippen molar-refractivity contribution in [1.82, 2.24) is 14.5 Å². The molecular formula is C21H34N4O4S2. The first-order valence-corrected chi connectivity index (χ1v) is 13.5. The second-order valence-corrected chi connectivity index (χ2v) is 11.0. The minimum Gasteiger partial charge on any atom is -0.368 e. The van der Waals surface area contributed by atoms with Crippen LogP contribution in [0.2, 0.25) is 0 Å². The summed E-state index contributed by atoms with van der Waals surface area (Å²) in [6.45, 7) is 2.36. The molecule has 31 heavy (non-hydrogen) atoms. The van der Waals surface area contributed by atoms with Gasteiger partial charge in [-0.15, -0.1) is 0 Å². The lowest BCUT2D eigenvalue weighted by Gasteiger charge is -2.25. The number of nitrogens with zero attached hydrogens (tertiary/aromatic N) is 2. The van der Waals surface area contributed by atoms with Gasteiger partial charge in [-0.3, -0.25) is 9.59 Å². The fourth-order valence-electron chi connectivity index (χ4n) is 3.60. The van der Waals surface area contributed by atoms with Gasteiger partial charge in [0.25, 0.3) is 0 Å². The monoisotopic (exact) mass is 470 g/mol. The third-order valence-electron chi connectivity index (χ3n) is 5.45. The first-order chi connectivity index (χ1) is 14.7. The van der Waals surface area contributed by atoms with Crippen LogP contribution in [0, 0.1) is 5.92 Å². The summed E-state index contributed by atoms with van der Waals surface area (Å²) in [6.07, 6.45) is 3.34. The van der Waals surface area contributed by atoms with E-state index in [4.69, 9.17) is 5.73 Å². The van der Waals surface area contributed by atoms with Gasteiger partial charge >= 0.3 is 0 Å². The van der Waals surface area contributed by atoms with Gasteiger partial charge in [-0.1, -0.05) is 30.3 Å². The van der Waals surface area contributed by atoms with E-state index in [2.05, 4.69) is 10.2 Å². The molecule has 2 rings (SSSR count). The number of nitrogens with one attached hydrogen (secondary N) is 1. The zero-order valence-electron chi connectivity index (χ0n) is 18.3. The van der Waals surface area contributed by atoms with Gasteiger partial charge in [0.15, 0.2) is 0 Å². The quantitative estimate of drug-likeness (QED) is 0.488. The Morgan fingerprint density at radius 2 is 1.87 bits per heavy atom. The van der Waals surface area contributed by atoms with Gasteiger partial charge in [0, 0.05) is 19.6 Å². The lowest BCUT2D eigenvalue weighted by atomic mass is 9.99. The molecule has 1 saturated heterocycles. The smallest absolute Gasteiger partial charge is 0.240 e. The Balaban J connectivity index is 2.19. The molecule has 0 radical (unpaired) electrons. The summed E-state index contributed by atoms with van der Waals surface area (Å²) in [5, 5.41) is 2.70. The van der Waals surface area contributed by atoms with Crippen molar-refractivity contribution in [2.24, 2.45) is 11.7 Å². The summed E-state index contributed by atoms with van der Waals surface area (Å²) in [5.74, 6) is -1.52. The van der Waals surface area contributed by atoms with Gasteiger partial charge in [0.1, 0.15) is 6.04 Å². The molecule has 1 unspecified atom stereocenters. The number of hydrogen-bond donors (Lipinski definition) is 2. The topological polar surface area (TPSA) is 113 Å². The second kappa shape index (κ2) is 12.4. The fraction of sp³-hybridized carbons (Fsp3) is 0.619. The molecule has 3 N–H and O–H groups in total. The Bertz CT molecular complexity index is 820. The van der Waals surface area contributed by atoms with Crippen LogP contribution in [0.1, 0.15) is 18.4 Å². The van der Waals surface area contributed by atoms with Crippen LogP contribution in [0.25, 0.3) is 0 Å². The molecule has 0 spiro atoms. The molecule has 1 aromatic carbocycles. The van der Waals surface area contributed by atoms with Crippen LogP contribution in [-0.2, 0) is 26.0 Å². The minimum absolute atomic E-state index is 0.271. The third kappa shape index (κ3) is 8.44. The summed E-state index contributed by atoms with van der Waals surface area (Å²) in [7, 11) is -1.67. The van der Waals surface area contributed by atoms with Crippen molar-refractivity contribution in [2.75, 3.05) is 51.0 Å². The summed E-state index contributed by atoms with van der Waals surface area (Å²) in [5.41, 5.74) is 6.33. The molecule has 10 heteroatoms. The number of likely N-dealkylation sites (N-methyl/N-ethyl adjacent to an activating group) is 1. The van der Waals surface area contributed by atoms with Crippen LogP contribution in [0.15, 0.2) is 30.3 Å². The summed E-state index contributed by atoms with van der Waals surface area (Å²) >= 11 is 1.55. The summed E-state index contributed by atoms with van der Waals surface area (Å²) in [6, 6.07) is 8.50. The van der Waals surface area contributed by atoms with E-state index >= 15 is 0 Å². The van der Waals surface area contributed by atoms with Gasteiger partial charge in [-0.25, -0.2) is 12.7 Å². The molecule has 1 aromatic rings. The van der Waals surface area contributed by atoms with E-state index < -0.39 is 33.8 Å². The van der Waals surface area contributed by atoms with Crippen LogP contribution in [-0.4, -0.2) is 86.5 Å². The molecule has 174 valence electrons. The van der Waals surface area contributed by atoms with E-state index in [0.717, 1.165) is 18.5 Å². The third-order valence-corrected chi connectivity index (χ3v) is 8.07. The van der Waals surface area contributed by atoms with Crippen LogP contribution in [0.4, 0.5) is 0 Å². The molecule has 1 heterocycles. The maximum absolute atomic E-state index is 13.2. The highest BCUT2D eigenvalue weighted by molar-refractivity contribution is 7.98. The van der Waals surface area contributed by atoms with Gasteiger partial charge < -0.3 is 16.0 Å². The Kier molecular flexibility index (Phi) is 10.3. The molecule has 0 bridgehead atoms. The number of nitrogens with two attached hydrogens (primary N) is 1. The standard InChI is InChI=1S/C21H34N4O4S2/c1-24-10-6-11-25(13-12-24)31(28,29)16-18(15-17-7-4-3-5-8-17)21(27)23-19(20(22)26)9-14-30-2/h3-5,7-8,18-19H,6,9-16H2,1-2H3,(H2,22,26)(H,23,27)/t18?,19-/m0/s1. The molecule has 0 aliphatic carbocycles. The predicted molar refractivity (Wildman–Crippen MR) is 125 cm³/mol. The van der Waals surface area contributed by atoms with E-state index in [0.29, 0.717) is 31.8 Å². The van der Waals surface area contributed by atoms with Crippen LogP contribution < -0.4 is 11.1 Å². The van der Waals surface area contributed by atoms with Crippen LogP contribution in [0.3, 0.4) is 0 Å². The van der Waals surface area contributed by atoms with Crippen molar-refractivity contribution >= 4 is 33.6 Å². The van der Waals surface area contributed by atoms with Gasteiger partial charge in [0.05, 0.1) is 11.7 Å². The molecular weight excluding hydrogens is 436 g/mol. The van der Waals surface area contributed by atoms with Crippen LogP contribution >= 0.6 is 11.8 Å². The zero-order valence-corrected chi connectivity index (χ0v) is 20.0. The molecule has 2 amide bonds. The fourth-order valence-corrected chi connectivity index (χ4v) is 5.82. The summed E-state index contributed by atoms with van der Waals surface area (Å²) < 4.78 is 27.8. The number of rotatable bonds is 11. The van der Waals surface area contributed by atoms with Crippen molar-refractivity contribution in [3.05, 3.63) is 35.9 Å².